The molecule has 0 rings (SSSR count). The number of unbranched alkanes of at least 4 members (excludes halogenated alkanes) is 39. The minimum Gasteiger partial charge on any atom is -0.462 e. The average molecular weight is 980 g/mol. The first kappa shape index (κ1) is 67.6. The molecule has 0 bridgehead atoms. The highest BCUT2D eigenvalue weighted by Gasteiger charge is 2.16. The van der Waals surface area contributed by atoms with Crippen molar-refractivity contribution >= 4 is 11.9 Å². The number of carbonyl (C=O) groups excluding carboxylic acids is 2. The van der Waals surface area contributed by atoms with E-state index in [9.17, 15) is 14.7 Å². The fourth-order valence-corrected chi connectivity index (χ4v) is 9.13. The summed E-state index contributed by atoms with van der Waals surface area (Å²) in [7, 11) is 0. The summed E-state index contributed by atoms with van der Waals surface area (Å²) >= 11 is 0. The minimum absolute atomic E-state index is 0.0644. The second kappa shape index (κ2) is 60.9. The second-order valence-electron chi connectivity index (χ2n) is 20.8. The van der Waals surface area contributed by atoms with Gasteiger partial charge in [-0.2, -0.15) is 0 Å². The summed E-state index contributed by atoms with van der Waals surface area (Å²) in [6.07, 6.45) is 82.1. The lowest BCUT2D eigenvalue weighted by atomic mass is 10.0. The topological polar surface area (TPSA) is 72.8 Å². The number of aliphatic hydroxyl groups is 1. The van der Waals surface area contributed by atoms with Crippen LogP contribution in [0, 0.1) is 0 Å². The first-order chi connectivity index (χ1) is 34.6. The van der Waals surface area contributed by atoms with Crippen molar-refractivity contribution in [3.63, 3.8) is 0 Å². The monoisotopic (exact) mass is 979 g/mol. The van der Waals surface area contributed by atoms with Crippen LogP contribution in [-0.4, -0.2) is 36.4 Å². The van der Waals surface area contributed by atoms with Gasteiger partial charge in [0.1, 0.15) is 6.61 Å². The van der Waals surface area contributed by atoms with E-state index >= 15 is 0 Å². The molecule has 0 aromatic heterocycles. The lowest BCUT2D eigenvalue weighted by Gasteiger charge is -2.15. The molecule has 5 heteroatoms. The van der Waals surface area contributed by atoms with Gasteiger partial charge in [-0.3, -0.25) is 9.59 Å². The number of rotatable bonds is 57. The number of carbonyl (C=O) groups is 2. The molecule has 0 heterocycles. The van der Waals surface area contributed by atoms with Gasteiger partial charge in [-0.15, -0.1) is 0 Å². The van der Waals surface area contributed by atoms with Gasteiger partial charge in [0, 0.05) is 12.8 Å². The molecule has 0 aliphatic rings. The van der Waals surface area contributed by atoms with Crippen LogP contribution in [0.1, 0.15) is 322 Å². The Hall–Kier alpha value is -2.40. The van der Waals surface area contributed by atoms with Gasteiger partial charge >= 0.3 is 11.9 Å². The molecule has 0 aliphatic heterocycles. The van der Waals surface area contributed by atoms with E-state index in [0.29, 0.717) is 12.8 Å². The summed E-state index contributed by atoms with van der Waals surface area (Å²) in [4.78, 5) is 24.6. The minimum atomic E-state index is -0.774. The summed E-state index contributed by atoms with van der Waals surface area (Å²) < 4.78 is 10.7. The number of ether oxygens (including phenoxy) is 2. The van der Waals surface area contributed by atoms with E-state index in [1.165, 1.54) is 238 Å². The quantitative estimate of drug-likeness (QED) is 0.0373. The molecule has 5 nitrogen and oxygen atoms in total. The van der Waals surface area contributed by atoms with Gasteiger partial charge in [0.2, 0.25) is 0 Å². The van der Waals surface area contributed by atoms with Crippen LogP contribution in [0.25, 0.3) is 0 Å². The molecular formula is C65H118O5. The van der Waals surface area contributed by atoms with E-state index in [1.54, 1.807) is 0 Å². The van der Waals surface area contributed by atoms with Crippen molar-refractivity contribution in [1.82, 2.24) is 0 Å². The highest BCUT2D eigenvalue weighted by atomic mass is 16.6. The molecule has 0 saturated carbocycles. The van der Waals surface area contributed by atoms with Crippen molar-refractivity contribution in [3.8, 4) is 0 Å². The SMILES string of the molecule is CCCCCCC/C=C\C/C=C\C/C=C\CCCCCCCCCCCCCCCCCCC(=O)OC(CO)COC(=O)CCCCCCCCCCCCCCC/C=C\C/C=C\CCCCCCC. The third-order valence-electron chi connectivity index (χ3n) is 13.8. The van der Waals surface area contributed by atoms with Crippen LogP contribution in [0.15, 0.2) is 60.8 Å². The number of aliphatic hydroxyl groups excluding tert-OH is 1. The predicted octanol–water partition coefficient (Wildman–Crippen LogP) is 21.0. The molecule has 1 atom stereocenters. The Balaban J connectivity index is 3.45. The first-order valence-corrected chi connectivity index (χ1v) is 30.8. The number of hydrogen-bond acceptors (Lipinski definition) is 5. The Morgan fingerprint density at radius 2 is 0.571 bits per heavy atom. The average Bonchev–Trinajstić information content (AvgIpc) is 3.36. The molecule has 0 spiro atoms. The van der Waals surface area contributed by atoms with Gasteiger partial charge in [0.15, 0.2) is 6.10 Å². The molecule has 1 N–H and O–H groups in total. The van der Waals surface area contributed by atoms with Crippen LogP contribution >= 0.6 is 0 Å². The Morgan fingerprint density at radius 3 is 0.857 bits per heavy atom. The van der Waals surface area contributed by atoms with Gasteiger partial charge in [0.25, 0.3) is 0 Å². The largest absolute Gasteiger partial charge is 0.462 e. The second-order valence-corrected chi connectivity index (χ2v) is 20.8. The smallest absolute Gasteiger partial charge is 0.306 e. The highest BCUT2D eigenvalue weighted by molar-refractivity contribution is 5.70. The van der Waals surface area contributed by atoms with Gasteiger partial charge in [-0.1, -0.05) is 286 Å². The summed E-state index contributed by atoms with van der Waals surface area (Å²) in [6, 6.07) is 0. The molecule has 70 heavy (non-hydrogen) atoms. The normalized spacial score (nSPS) is 12.6. The van der Waals surface area contributed by atoms with Crippen LogP contribution in [0.3, 0.4) is 0 Å². The van der Waals surface area contributed by atoms with E-state index in [4.69, 9.17) is 9.47 Å². The van der Waals surface area contributed by atoms with Crippen molar-refractivity contribution in [2.45, 2.75) is 328 Å². The van der Waals surface area contributed by atoms with Gasteiger partial charge < -0.3 is 14.6 Å². The zero-order chi connectivity index (χ0) is 50.6. The summed E-state index contributed by atoms with van der Waals surface area (Å²) in [5.74, 6) is -0.578. The molecule has 0 saturated heterocycles. The Morgan fingerprint density at radius 1 is 0.329 bits per heavy atom. The third-order valence-corrected chi connectivity index (χ3v) is 13.8. The van der Waals surface area contributed by atoms with Crippen molar-refractivity contribution < 1.29 is 24.2 Å². The number of allylic oxidation sites excluding steroid dienone is 10. The van der Waals surface area contributed by atoms with E-state index < -0.39 is 6.10 Å². The van der Waals surface area contributed by atoms with Gasteiger partial charge in [-0.25, -0.2) is 0 Å². The molecule has 0 aliphatic carbocycles. The van der Waals surface area contributed by atoms with Crippen molar-refractivity contribution in [3.05, 3.63) is 60.8 Å². The lowest BCUT2D eigenvalue weighted by molar-refractivity contribution is -0.161. The van der Waals surface area contributed by atoms with Crippen LogP contribution in [-0.2, 0) is 19.1 Å². The first-order valence-electron chi connectivity index (χ1n) is 30.8. The maximum Gasteiger partial charge on any atom is 0.306 e. The molecule has 0 fully saturated rings. The zero-order valence-corrected chi connectivity index (χ0v) is 46.8. The molecule has 1 unspecified atom stereocenters. The van der Waals surface area contributed by atoms with Gasteiger partial charge in [-0.05, 0) is 83.5 Å². The Kier molecular flexibility index (Phi) is 58.8. The van der Waals surface area contributed by atoms with Crippen molar-refractivity contribution in [2.75, 3.05) is 13.2 Å². The maximum atomic E-state index is 12.3. The van der Waals surface area contributed by atoms with E-state index in [-0.39, 0.29) is 25.2 Å². The lowest BCUT2D eigenvalue weighted by Crippen LogP contribution is -2.28. The fourth-order valence-electron chi connectivity index (χ4n) is 9.13. The number of esters is 2. The summed E-state index contributed by atoms with van der Waals surface area (Å²) in [5.41, 5.74) is 0. The molecule has 0 aromatic rings. The van der Waals surface area contributed by atoms with Crippen molar-refractivity contribution in [1.29, 1.82) is 0 Å². The van der Waals surface area contributed by atoms with Crippen LogP contribution < -0.4 is 0 Å². The summed E-state index contributed by atoms with van der Waals surface area (Å²) in [5, 5.41) is 9.67. The molecule has 0 aromatic carbocycles. The zero-order valence-electron chi connectivity index (χ0n) is 46.8. The van der Waals surface area contributed by atoms with Crippen LogP contribution in [0.2, 0.25) is 0 Å². The Labute approximate surface area is 436 Å². The van der Waals surface area contributed by atoms with E-state index in [1.807, 2.05) is 0 Å². The predicted molar refractivity (Wildman–Crippen MR) is 307 cm³/mol. The van der Waals surface area contributed by atoms with Crippen LogP contribution in [0.4, 0.5) is 0 Å². The number of hydrogen-bond donors (Lipinski definition) is 1. The van der Waals surface area contributed by atoms with Crippen LogP contribution in [0.5, 0.6) is 0 Å². The fraction of sp³-hybridized carbons (Fsp3) is 0.815. The van der Waals surface area contributed by atoms with Gasteiger partial charge in [0.05, 0.1) is 6.61 Å². The molecular weight excluding hydrogens is 861 g/mol. The van der Waals surface area contributed by atoms with E-state index in [0.717, 1.165) is 57.8 Å². The summed E-state index contributed by atoms with van der Waals surface area (Å²) in [6.45, 7) is 4.16. The van der Waals surface area contributed by atoms with Crippen molar-refractivity contribution in [2.24, 2.45) is 0 Å². The molecule has 0 radical (unpaired) electrons. The maximum absolute atomic E-state index is 12.3. The molecule has 0 amide bonds. The Bertz CT molecular complexity index is 1200. The highest BCUT2D eigenvalue weighted by Crippen LogP contribution is 2.17. The standard InChI is InChI=1S/C65H118O5/c1-3-5-7-9-11-13-15-17-19-21-23-25-27-29-30-31-32-33-34-36-38-40-42-44-46-48-50-52-54-56-58-60-65(68)70-63(61-66)62-69-64(67)59-57-55-53-51-49-47-45-43-41-39-37-35-28-26-24-22-20-18-16-14-12-10-8-6-4-2/h15-18,21-24,27,29,63,66H,3-14,19-20,25-26,28,30-62H2,1-2H3/b17-15-,18-16-,23-21-,24-22-,29-27-. The third kappa shape index (κ3) is 58.2. The van der Waals surface area contributed by atoms with E-state index in [2.05, 4.69) is 74.6 Å². The molecule has 408 valence electrons.